The van der Waals surface area contributed by atoms with Gasteiger partial charge >= 0.3 is 6.03 Å². The molecule has 2 amide bonds. The largest absolute Gasteiger partial charge is 0.339 e. The Morgan fingerprint density at radius 2 is 2.04 bits per heavy atom. The van der Waals surface area contributed by atoms with Crippen LogP contribution in [0, 0.1) is 20.8 Å². The van der Waals surface area contributed by atoms with Crippen molar-refractivity contribution in [1.29, 1.82) is 0 Å². The summed E-state index contributed by atoms with van der Waals surface area (Å²) in [4.78, 5) is 18.7. The molecule has 140 valence electrons. The molecule has 3 rings (SSSR count). The molecular weight excluding hydrogens is 356 g/mol. The average molecular weight is 378 g/mol. The number of nitrogens with zero attached hydrogens (tertiary/aromatic N) is 3. The summed E-state index contributed by atoms with van der Waals surface area (Å²) < 4.78 is 28.9. The highest BCUT2D eigenvalue weighted by Crippen LogP contribution is 2.28. The summed E-state index contributed by atoms with van der Waals surface area (Å²) in [5, 5.41) is 6.63. The molecule has 1 fully saturated rings. The molecule has 26 heavy (non-hydrogen) atoms. The van der Waals surface area contributed by atoms with Gasteiger partial charge in [0.1, 0.15) is 0 Å². The molecule has 0 saturated carbocycles. The number of hydrogen-bond donors (Lipinski definition) is 1. The molecule has 0 aliphatic carbocycles. The van der Waals surface area contributed by atoms with Crippen LogP contribution >= 0.6 is 0 Å². The van der Waals surface area contributed by atoms with Crippen LogP contribution in [0.2, 0.25) is 0 Å². The number of carbonyl (C=O) groups excluding carboxylic acids is 1. The summed E-state index contributed by atoms with van der Waals surface area (Å²) in [7, 11) is -3.35. The summed E-state index contributed by atoms with van der Waals surface area (Å²) >= 11 is 0. The first-order chi connectivity index (χ1) is 12.1. The van der Waals surface area contributed by atoms with E-state index in [1.54, 1.807) is 17.9 Å². The van der Waals surface area contributed by atoms with E-state index in [-0.39, 0.29) is 16.8 Å². The quantitative estimate of drug-likeness (QED) is 0.879. The summed E-state index contributed by atoms with van der Waals surface area (Å²) in [5.41, 5.74) is 2.16. The van der Waals surface area contributed by atoms with Crippen LogP contribution in [0.4, 0.5) is 10.5 Å². The van der Waals surface area contributed by atoms with Crippen molar-refractivity contribution in [3.8, 4) is 0 Å². The van der Waals surface area contributed by atoms with E-state index in [0.29, 0.717) is 30.5 Å². The van der Waals surface area contributed by atoms with Crippen molar-refractivity contribution in [3.05, 3.63) is 35.0 Å². The highest BCUT2D eigenvalue weighted by Gasteiger charge is 2.31. The average Bonchev–Trinajstić information content (AvgIpc) is 3.19. The van der Waals surface area contributed by atoms with Gasteiger partial charge in [-0.15, -0.1) is 0 Å². The topological polar surface area (TPSA) is 105 Å². The first kappa shape index (κ1) is 18.4. The Morgan fingerprint density at radius 1 is 1.31 bits per heavy atom. The van der Waals surface area contributed by atoms with E-state index < -0.39 is 9.84 Å². The van der Waals surface area contributed by atoms with Gasteiger partial charge in [-0.05, 0) is 50.5 Å². The van der Waals surface area contributed by atoms with Crippen molar-refractivity contribution in [1.82, 2.24) is 15.0 Å². The fourth-order valence-corrected chi connectivity index (χ4v) is 3.71. The summed E-state index contributed by atoms with van der Waals surface area (Å²) in [5.74, 6) is 1.14. The van der Waals surface area contributed by atoms with E-state index in [2.05, 4.69) is 15.5 Å². The molecule has 1 aromatic heterocycles. The van der Waals surface area contributed by atoms with Crippen LogP contribution in [0.3, 0.4) is 0 Å². The number of aryl methyl sites for hydroxylation is 2. The lowest BCUT2D eigenvalue weighted by Gasteiger charge is -2.19. The number of aromatic nitrogens is 2. The van der Waals surface area contributed by atoms with Crippen LogP contribution < -0.4 is 5.32 Å². The molecule has 0 spiro atoms. The number of benzene rings is 1. The maximum absolute atomic E-state index is 12.6. The fourth-order valence-electron chi connectivity index (χ4n) is 2.99. The summed E-state index contributed by atoms with van der Waals surface area (Å²) in [6, 6.07) is 2.85. The van der Waals surface area contributed by atoms with Crippen LogP contribution in [0.5, 0.6) is 0 Å². The SMILES string of the molecule is Cc1noc(C2CCN(C(=O)Nc3cc(S(C)(=O)=O)cc(C)c3C)C2)n1. The van der Waals surface area contributed by atoms with Crippen molar-refractivity contribution in [2.75, 3.05) is 24.7 Å². The molecule has 2 aromatic rings. The van der Waals surface area contributed by atoms with Gasteiger partial charge in [0.05, 0.1) is 10.8 Å². The van der Waals surface area contributed by atoms with Crippen LogP contribution in [-0.2, 0) is 9.84 Å². The number of likely N-dealkylation sites (tertiary alicyclic amines) is 1. The number of urea groups is 1. The van der Waals surface area contributed by atoms with Crippen LogP contribution in [-0.4, -0.2) is 48.8 Å². The number of anilines is 1. The zero-order valence-electron chi connectivity index (χ0n) is 15.2. The lowest BCUT2D eigenvalue weighted by Crippen LogP contribution is -2.33. The van der Waals surface area contributed by atoms with Gasteiger partial charge in [-0.25, -0.2) is 13.2 Å². The second-order valence-electron chi connectivity index (χ2n) is 6.73. The number of amides is 2. The van der Waals surface area contributed by atoms with Gasteiger partial charge in [0.2, 0.25) is 5.89 Å². The van der Waals surface area contributed by atoms with Crippen molar-refractivity contribution >= 4 is 21.6 Å². The minimum atomic E-state index is -3.35. The molecule has 2 heterocycles. The summed E-state index contributed by atoms with van der Waals surface area (Å²) in [6.45, 7) is 6.49. The number of sulfone groups is 1. The Labute approximate surface area is 152 Å². The molecule has 8 nitrogen and oxygen atoms in total. The van der Waals surface area contributed by atoms with E-state index in [9.17, 15) is 13.2 Å². The van der Waals surface area contributed by atoms with Gasteiger partial charge in [-0.1, -0.05) is 5.16 Å². The Morgan fingerprint density at radius 3 is 2.65 bits per heavy atom. The molecule has 1 saturated heterocycles. The summed E-state index contributed by atoms with van der Waals surface area (Å²) in [6.07, 6.45) is 1.90. The lowest BCUT2D eigenvalue weighted by molar-refractivity contribution is 0.221. The first-order valence-corrected chi connectivity index (χ1v) is 10.2. The number of carbonyl (C=O) groups is 1. The second-order valence-corrected chi connectivity index (χ2v) is 8.74. The van der Waals surface area contributed by atoms with Crippen molar-refractivity contribution < 1.29 is 17.7 Å². The normalized spacial score (nSPS) is 17.5. The van der Waals surface area contributed by atoms with Gasteiger partial charge < -0.3 is 14.7 Å². The molecule has 0 radical (unpaired) electrons. The molecular formula is C17H22N4O4S. The van der Waals surface area contributed by atoms with Crippen molar-refractivity contribution in [2.45, 2.75) is 38.0 Å². The van der Waals surface area contributed by atoms with Crippen LogP contribution in [0.25, 0.3) is 0 Å². The maximum atomic E-state index is 12.6. The third-order valence-corrected chi connectivity index (χ3v) is 5.77. The van der Waals surface area contributed by atoms with E-state index in [1.807, 2.05) is 13.8 Å². The molecule has 1 N–H and O–H groups in total. The Kier molecular flexibility index (Phi) is 4.74. The lowest BCUT2D eigenvalue weighted by atomic mass is 10.1. The van der Waals surface area contributed by atoms with Crippen molar-refractivity contribution in [2.24, 2.45) is 0 Å². The second kappa shape index (κ2) is 6.71. The van der Waals surface area contributed by atoms with Crippen LogP contribution in [0.15, 0.2) is 21.6 Å². The third kappa shape index (κ3) is 3.72. The Balaban J connectivity index is 1.75. The highest BCUT2D eigenvalue weighted by atomic mass is 32.2. The molecule has 1 atom stereocenters. The van der Waals surface area contributed by atoms with Gasteiger partial charge in [0.15, 0.2) is 15.7 Å². The molecule has 1 aliphatic heterocycles. The molecule has 1 unspecified atom stereocenters. The number of nitrogens with one attached hydrogen (secondary N) is 1. The van der Waals surface area contributed by atoms with Gasteiger partial charge in [0.25, 0.3) is 0 Å². The molecule has 0 bridgehead atoms. The van der Waals surface area contributed by atoms with Gasteiger partial charge in [-0.2, -0.15) is 4.98 Å². The maximum Gasteiger partial charge on any atom is 0.321 e. The number of rotatable bonds is 3. The highest BCUT2D eigenvalue weighted by molar-refractivity contribution is 7.90. The minimum absolute atomic E-state index is 0.0205. The van der Waals surface area contributed by atoms with Crippen molar-refractivity contribution in [3.63, 3.8) is 0 Å². The predicted octanol–water partition coefficient (Wildman–Crippen LogP) is 2.42. The smallest absolute Gasteiger partial charge is 0.321 e. The monoisotopic (exact) mass is 378 g/mol. The molecule has 1 aliphatic rings. The fraction of sp³-hybridized carbons (Fsp3) is 0.471. The van der Waals surface area contributed by atoms with Crippen LogP contribution in [0.1, 0.15) is 35.2 Å². The van der Waals surface area contributed by atoms with E-state index in [0.717, 1.165) is 23.8 Å². The number of hydrogen-bond acceptors (Lipinski definition) is 6. The molecule has 9 heteroatoms. The molecule has 1 aromatic carbocycles. The third-order valence-electron chi connectivity index (χ3n) is 4.68. The predicted molar refractivity (Wildman–Crippen MR) is 96.0 cm³/mol. The minimum Gasteiger partial charge on any atom is -0.339 e. The first-order valence-electron chi connectivity index (χ1n) is 8.32. The zero-order valence-corrected chi connectivity index (χ0v) is 16.1. The van der Waals surface area contributed by atoms with E-state index in [4.69, 9.17) is 4.52 Å². The van der Waals surface area contributed by atoms with Gasteiger partial charge in [-0.3, -0.25) is 0 Å². The Bertz CT molecular complexity index is 952. The van der Waals surface area contributed by atoms with Gasteiger partial charge in [0, 0.05) is 25.0 Å². The zero-order chi connectivity index (χ0) is 19.1. The standard InChI is InChI=1S/C17H22N4O4S/c1-10-7-14(26(4,23)24)8-15(11(10)2)19-17(22)21-6-5-13(9-21)16-18-12(3)20-25-16/h7-8,13H,5-6,9H2,1-4H3,(H,19,22). The van der Waals surface area contributed by atoms with E-state index in [1.165, 1.54) is 6.07 Å². The Hall–Kier alpha value is -2.42. The van der Waals surface area contributed by atoms with E-state index >= 15 is 0 Å².